The molecular formula is C17H15Cl2N3O. The number of benzene rings is 1. The van der Waals surface area contributed by atoms with E-state index in [0.717, 1.165) is 0 Å². The van der Waals surface area contributed by atoms with Crippen LogP contribution in [0.25, 0.3) is 0 Å². The first-order valence-corrected chi connectivity index (χ1v) is 7.63. The van der Waals surface area contributed by atoms with Gasteiger partial charge in [-0.15, -0.1) is 0 Å². The SMILES string of the molecule is CC(C)(C)C1=C(C#N)[C@H](c2ccc(Cl)c(Cl)c2)C(C#N)=C(N)O1. The standard InChI is InChI=1S/C17H15Cl2N3O/c1-17(2,3)15-10(7-20)14(11(8-21)16(22)23-15)9-4-5-12(18)13(19)6-9/h4-6,14H,22H2,1-3H3/t14-/m0/s1. The summed E-state index contributed by atoms with van der Waals surface area (Å²) >= 11 is 12.0. The third-order valence-electron chi connectivity index (χ3n) is 3.50. The topological polar surface area (TPSA) is 82.8 Å². The molecule has 0 aliphatic carbocycles. The van der Waals surface area contributed by atoms with E-state index in [1.165, 1.54) is 0 Å². The molecule has 0 saturated carbocycles. The maximum absolute atomic E-state index is 9.66. The zero-order valence-electron chi connectivity index (χ0n) is 12.9. The Labute approximate surface area is 145 Å². The van der Waals surface area contributed by atoms with Gasteiger partial charge in [-0.25, -0.2) is 0 Å². The Morgan fingerprint density at radius 1 is 1.09 bits per heavy atom. The fourth-order valence-corrected chi connectivity index (χ4v) is 2.76. The lowest BCUT2D eigenvalue weighted by atomic mass is 9.79. The Kier molecular flexibility index (Phi) is 4.61. The monoisotopic (exact) mass is 347 g/mol. The van der Waals surface area contributed by atoms with E-state index in [2.05, 4.69) is 6.07 Å². The van der Waals surface area contributed by atoms with Crippen LogP contribution >= 0.6 is 23.2 Å². The minimum atomic E-state index is -0.622. The molecule has 2 rings (SSSR count). The van der Waals surface area contributed by atoms with Crippen LogP contribution in [0.15, 0.2) is 41.0 Å². The van der Waals surface area contributed by atoms with Gasteiger partial charge >= 0.3 is 0 Å². The second-order valence-corrected chi connectivity index (χ2v) is 7.02. The molecule has 0 aromatic heterocycles. The number of halogens is 2. The van der Waals surface area contributed by atoms with E-state index in [-0.39, 0.29) is 11.5 Å². The van der Waals surface area contributed by atoms with Gasteiger partial charge in [0.25, 0.3) is 0 Å². The highest BCUT2D eigenvalue weighted by Gasteiger charge is 2.37. The van der Waals surface area contributed by atoms with Crippen LogP contribution in [0.4, 0.5) is 0 Å². The van der Waals surface area contributed by atoms with Crippen molar-refractivity contribution in [1.82, 2.24) is 0 Å². The molecule has 1 aromatic rings. The molecule has 1 aliphatic heterocycles. The van der Waals surface area contributed by atoms with Gasteiger partial charge in [-0.05, 0) is 17.7 Å². The summed E-state index contributed by atoms with van der Waals surface area (Å²) in [6.07, 6.45) is 0. The van der Waals surface area contributed by atoms with Gasteiger partial charge in [0.1, 0.15) is 17.4 Å². The molecule has 1 heterocycles. The Balaban J connectivity index is 2.74. The molecule has 118 valence electrons. The smallest absolute Gasteiger partial charge is 0.205 e. The lowest BCUT2D eigenvalue weighted by Crippen LogP contribution is -2.26. The minimum absolute atomic E-state index is 0.00694. The predicted octanol–water partition coefficient (Wildman–Crippen LogP) is 4.62. The van der Waals surface area contributed by atoms with Gasteiger partial charge in [-0.2, -0.15) is 10.5 Å². The maximum Gasteiger partial charge on any atom is 0.205 e. The molecule has 4 nitrogen and oxygen atoms in total. The summed E-state index contributed by atoms with van der Waals surface area (Å²) in [6.45, 7) is 5.74. The second kappa shape index (κ2) is 6.16. The first kappa shape index (κ1) is 17.2. The number of hydrogen-bond donors (Lipinski definition) is 1. The van der Waals surface area contributed by atoms with Crippen LogP contribution in [0, 0.1) is 28.1 Å². The van der Waals surface area contributed by atoms with Gasteiger partial charge in [-0.1, -0.05) is 50.0 Å². The average Bonchev–Trinajstić information content (AvgIpc) is 2.48. The molecule has 1 aliphatic rings. The van der Waals surface area contributed by atoms with Crippen molar-refractivity contribution in [3.8, 4) is 12.1 Å². The van der Waals surface area contributed by atoms with E-state index in [1.807, 2.05) is 26.8 Å². The molecule has 0 amide bonds. The van der Waals surface area contributed by atoms with Gasteiger partial charge in [0.05, 0.1) is 27.6 Å². The number of ether oxygens (including phenoxy) is 1. The third-order valence-corrected chi connectivity index (χ3v) is 4.24. The van der Waals surface area contributed by atoms with Crippen LogP contribution in [0.3, 0.4) is 0 Å². The van der Waals surface area contributed by atoms with Crippen LogP contribution in [0.5, 0.6) is 0 Å². The van der Waals surface area contributed by atoms with E-state index in [4.69, 9.17) is 33.7 Å². The van der Waals surface area contributed by atoms with E-state index in [1.54, 1.807) is 18.2 Å². The predicted molar refractivity (Wildman–Crippen MR) is 89.2 cm³/mol. The normalized spacial score (nSPS) is 18.3. The number of nitrogens with two attached hydrogens (primary N) is 1. The number of nitrogens with zero attached hydrogens (tertiary/aromatic N) is 2. The zero-order chi connectivity index (χ0) is 17.4. The molecule has 0 fully saturated rings. The Morgan fingerprint density at radius 3 is 2.17 bits per heavy atom. The summed E-state index contributed by atoms with van der Waals surface area (Å²) in [7, 11) is 0. The summed E-state index contributed by atoms with van der Waals surface area (Å²) < 4.78 is 5.60. The number of hydrogen-bond acceptors (Lipinski definition) is 4. The number of nitriles is 2. The van der Waals surface area contributed by atoms with Crippen LogP contribution in [0.2, 0.25) is 10.0 Å². The van der Waals surface area contributed by atoms with Crippen LogP contribution in [0.1, 0.15) is 32.3 Å². The van der Waals surface area contributed by atoms with Crippen molar-refractivity contribution in [1.29, 1.82) is 10.5 Å². The number of rotatable bonds is 1. The summed E-state index contributed by atoms with van der Waals surface area (Å²) in [6, 6.07) is 9.21. The quantitative estimate of drug-likeness (QED) is 0.802. The summed E-state index contributed by atoms with van der Waals surface area (Å²) in [5.41, 5.74) is 6.69. The van der Waals surface area contributed by atoms with E-state index in [9.17, 15) is 10.5 Å². The van der Waals surface area contributed by atoms with Gasteiger partial charge in [-0.3, -0.25) is 0 Å². The summed E-state index contributed by atoms with van der Waals surface area (Å²) in [4.78, 5) is 0. The lowest BCUT2D eigenvalue weighted by molar-refractivity contribution is 0.199. The molecule has 6 heteroatoms. The molecule has 0 bridgehead atoms. The van der Waals surface area contributed by atoms with Gasteiger partial charge in [0.15, 0.2) is 0 Å². The van der Waals surface area contributed by atoms with Crippen molar-refractivity contribution >= 4 is 23.2 Å². The highest BCUT2D eigenvalue weighted by Crippen LogP contribution is 2.44. The van der Waals surface area contributed by atoms with Crippen molar-refractivity contribution in [2.24, 2.45) is 11.1 Å². The van der Waals surface area contributed by atoms with Crippen LogP contribution in [-0.4, -0.2) is 0 Å². The largest absolute Gasteiger partial charge is 0.443 e. The third kappa shape index (κ3) is 3.15. The maximum atomic E-state index is 9.66. The van der Waals surface area contributed by atoms with E-state index >= 15 is 0 Å². The fraction of sp³-hybridized carbons (Fsp3) is 0.294. The van der Waals surface area contributed by atoms with E-state index in [0.29, 0.717) is 26.9 Å². The molecule has 0 spiro atoms. The summed E-state index contributed by atoms with van der Waals surface area (Å²) in [5, 5.41) is 19.9. The first-order valence-electron chi connectivity index (χ1n) is 6.88. The molecule has 23 heavy (non-hydrogen) atoms. The molecule has 0 saturated heterocycles. The van der Waals surface area contributed by atoms with Crippen molar-refractivity contribution in [2.75, 3.05) is 0 Å². The van der Waals surface area contributed by atoms with Crippen molar-refractivity contribution < 1.29 is 4.74 Å². The van der Waals surface area contributed by atoms with Crippen molar-refractivity contribution in [2.45, 2.75) is 26.7 Å². The second-order valence-electron chi connectivity index (χ2n) is 6.20. The highest BCUT2D eigenvalue weighted by molar-refractivity contribution is 6.42. The van der Waals surface area contributed by atoms with Crippen LogP contribution < -0.4 is 5.73 Å². The van der Waals surface area contributed by atoms with Crippen LogP contribution in [-0.2, 0) is 4.74 Å². The van der Waals surface area contributed by atoms with Gasteiger partial charge in [0, 0.05) is 5.41 Å². The molecular weight excluding hydrogens is 333 g/mol. The zero-order valence-corrected chi connectivity index (χ0v) is 14.5. The minimum Gasteiger partial charge on any atom is -0.443 e. The highest BCUT2D eigenvalue weighted by atomic mass is 35.5. The van der Waals surface area contributed by atoms with Gasteiger partial charge in [0.2, 0.25) is 5.88 Å². The summed E-state index contributed by atoms with van der Waals surface area (Å²) in [5.74, 6) is -0.164. The molecule has 1 aromatic carbocycles. The molecule has 2 N–H and O–H groups in total. The first-order chi connectivity index (χ1) is 10.7. The Bertz CT molecular complexity index is 805. The average molecular weight is 348 g/mol. The van der Waals surface area contributed by atoms with Crippen molar-refractivity contribution in [3.63, 3.8) is 0 Å². The number of allylic oxidation sites excluding steroid dienone is 3. The molecule has 1 atom stereocenters. The molecule has 0 unspecified atom stereocenters. The Hall–Kier alpha value is -2.14. The lowest BCUT2D eigenvalue weighted by Gasteiger charge is -2.32. The van der Waals surface area contributed by atoms with Crippen molar-refractivity contribution in [3.05, 3.63) is 56.6 Å². The Morgan fingerprint density at radius 2 is 1.70 bits per heavy atom. The molecule has 0 radical (unpaired) electrons. The van der Waals surface area contributed by atoms with Gasteiger partial charge < -0.3 is 10.5 Å². The fourth-order valence-electron chi connectivity index (χ4n) is 2.45. The van der Waals surface area contributed by atoms with E-state index < -0.39 is 11.3 Å².